The second-order valence-corrected chi connectivity index (χ2v) is 4.21. The smallest absolute Gasteiger partial charge is 0.0627 e. The van der Waals surface area contributed by atoms with Gasteiger partial charge in [0, 0.05) is 6.61 Å². The number of rotatable bonds is 2. The van der Waals surface area contributed by atoms with Gasteiger partial charge in [-0.2, -0.15) is 0 Å². The highest BCUT2D eigenvalue weighted by molar-refractivity contribution is 6.42. The summed E-state index contributed by atoms with van der Waals surface area (Å²) < 4.78 is 0. The lowest BCUT2D eigenvalue weighted by Gasteiger charge is -2.03. The summed E-state index contributed by atoms with van der Waals surface area (Å²) in [6, 6.07) is 5.66. The first-order chi connectivity index (χ1) is 6.24. The van der Waals surface area contributed by atoms with E-state index in [2.05, 4.69) is 0 Å². The Morgan fingerprint density at radius 2 is 2.15 bits per heavy atom. The Balaban J connectivity index is 2.27. The number of halogens is 2. The fourth-order valence-electron chi connectivity index (χ4n) is 1.64. The molecule has 2 atom stereocenters. The van der Waals surface area contributed by atoms with Crippen LogP contribution in [0.25, 0.3) is 0 Å². The lowest BCUT2D eigenvalue weighted by atomic mass is 10.1. The molecule has 0 saturated heterocycles. The van der Waals surface area contributed by atoms with E-state index < -0.39 is 0 Å². The molecule has 1 fully saturated rings. The van der Waals surface area contributed by atoms with E-state index in [4.69, 9.17) is 28.3 Å². The van der Waals surface area contributed by atoms with Gasteiger partial charge in [0.1, 0.15) is 0 Å². The molecule has 1 nitrogen and oxygen atoms in total. The molecule has 0 aliphatic heterocycles. The molecule has 1 N–H and O–H groups in total. The first kappa shape index (κ1) is 9.32. The Kier molecular flexibility index (Phi) is 2.50. The molecule has 0 heterocycles. The van der Waals surface area contributed by atoms with Crippen LogP contribution in [0.3, 0.4) is 0 Å². The van der Waals surface area contributed by atoms with Crippen LogP contribution >= 0.6 is 23.2 Å². The van der Waals surface area contributed by atoms with Gasteiger partial charge in [-0.05, 0) is 29.9 Å². The van der Waals surface area contributed by atoms with E-state index in [0.29, 0.717) is 21.9 Å². The number of benzene rings is 1. The molecule has 1 aromatic carbocycles. The number of hydrogen-bond acceptors (Lipinski definition) is 1. The third-order valence-corrected chi connectivity index (χ3v) is 3.37. The minimum Gasteiger partial charge on any atom is -0.396 e. The monoisotopic (exact) mass is 216 g/mol. The lowest BCUT2D eigenvalue weighted by molar-refractivity contribution is 0.274. The molecule has 3 heteroatoms. The van der Waals surface area contributed by atoms with E-state index in [1.165, 1.54) is 0 Å². The van der Waals surface area contributed by atoms with Crippen molar-refractivity contribution in [2.45, 2.75) is 12.3 Å². The molecule has 0 aromatic heterocycles. The van der Waals surface area contributed by atoms with Crippen LogP contribution in [0.2, 0.25) is 10.0 Å². The first-order valence-electron chi connectivity index (χ1n) is 4.28. The SMILES string of the molecule is OC[C@H]1C[C@H]1c1cccc(Cl)c1Cl. The zero-order chi connectivity index (χ0) is 9.42. The summed E-state index contributed by atoms with van der Waals surface area (Å²) in [5, 5.41) is 10.2. The Morgan fingerprint density at radius 1 is 1.38 bits per heavy atom. The summed E-state index contributed by atoms with van der Waals surface area (Å²) in [6.45, 7) is 0.244. The molecule has 0 radical (unpaired) electrons. The zero-order valence-corrected chi connectivity index (χ0v) is 8.52. The molecular weight excluding hydrogens is 207 g/mol. The van der Waals surface area contributed by atoms with Gasteiger partial charge in [0.25, 0.3) is 0 Å². The van der Waals surface area contributed by atoms with E-state index >= 15 is 0 Å². The van der Waals surface area contributed by atoms with Gasteiger partial charge in [-0.15, -0.1) is 0 Å². The van der Waals surface area contributed by atoms with Gasteiger partial charge in [-0.1, -0.05) is 35.3 Å². The second-order valence-electron chi connectivity index (χ2n) is 3.43. The van der Waals surface area contributed by atoms with Crippen LogP contribution < -0.4 is 0 Å². The van der Waals surface area contributed by atoms with Crippen LogP contribution in [-0.2, 0) is 0 Å². The highest BCUT2D eigenvalue weighted by Gasteiger charge is 2.38. The third-order valence-electron chi connectivity index (χ3n) is 2.54. The van der Waals surface area contributed by atoms with Gasteiger partial charge in [0.15, 0.2) is 0 Å². The number of hydrogen-bond donors (Lipinski definition) is 1. The normalized spacial score (nSPS) is 26.1. The Morgan fingerprint density at radius 3 is 2.77 bits per heavy atom. The summed E-state index contributed by atoms with van der Waals surface area (Å²) in [5.74, 6) is 0.798. The fourth-order valence-corrected chi connectivity index (χ4v) is 2.09. The average Bonchev–Trinajstić information content (AvgIpc) is 2.89. The summed E-state index contributed by atoms with van der Waals surface area (Å²) in [7, 11) is 0. The standard InChI is InChI=1S/C10H10Cl2O/c11-9-3-1-2-7(10(9)12)8-4-6(8)5-13/h1-3,6,8,13H,4-5H2/t6-,8-/m1/s1. The molecule has 0 spiro atoms. The van der Waals surface area contributed by atoms with E-state index in [1.54, 1.807) is 6.07 Å². The predicted octanol–water partition coefficient (Wildman–Crippen LogP) is 3.09. The van der Waals surface area contributed by atoms with Crippen molar-refractivity contribution in [1.82, 2.24) is 0 Å². The third kappa shape index (κ3) is 1.69. The second kappa shape index (κ2) is 3.49. The molecule has 0 amide bonds. The van der Waals surface area contributed by atoms with Crippen LogP contribution in [0.4, 0.5) is 0 Å². The molecule has 2 rings (SSSR count). The van der Waals surface area contributed by atoms with Crippen LogP contribution in [0, 0.1) is 5.92 Å². The Bertz CT molecular complexity index is 325. The molecule has 1 aliphatic carbocycles. The van der Waals surface area contributed by atoms with Gasteiger partial charge in [0.2, 0.25) is 0 Å². The first-order valence-corrected chi connectivity index (χ1v) is 5.04. The molecule has 0 unspecified atom stereocenters. The van der Waals surface area contributed by atoms with Crippen molar-refractivity contribution in [1.29, 1.82) is 0 Å². The van der Waals surface area contributed by atoms with Crippen molar-refractivity contribution in [3.63, 3.8) is 0 Å². The Hall–Kier alpha value is -0.240. The fraction of sp³-hybridized carbons (Fsp3) is 0.400. The van der Waals surface area contributed by atoms with E-state index in [-0.39, 0.29) is 6.61 Å². The zero-order valence-electron chi connectivity index (χ0n) is 7.00. The Labute approximate surface area is 87.3 Å². The lowest BCUT2D eigenvalue weighted by Crippen LogP contribution is -1.89. The summed E-state index contributed by atoms with van der Waals surface area (Å²) in [6.07, 6.45) is 1.02. The summed E-state index contributed by atoms with van der Waals surface area (Å²) >= 11 is 11.9. The highest BCUT2D eigenvalue weighted by atomic mass is 35.5. The van der Waals surface area contributed by atoms with Crippen LogP contribution in [0.1, 0.15) is 17.9 Å². The predicted molar refractivity (Wildman–Crippen MR) is 54.4 cm³/mol. The van der Waals surface area contributed by atoms with Gasteiger partial charge in [-0.3, -0.25) is 0 Å². The van der Waals surface area contributed by atoms with Crippen molar-refractivity contribution >= 4 is 23.2 Å². The topological polar surface area (TPSA) is 20.2 Å². The van der Waals surface area contributed by atoms with Crippen molar-refractivity contribution in [2.75, 3.05) is 6.61 Å². The average molecular weight is 217 g/mol. The van der Waals surface area contributed by atoms with E-state index in [0.717, 1.165) is 12.0 Å². The van der Waals surface area contributed by atoms with Gasteiger partial charge < -0.3 is 5.11 Å². The van der Waals surface area contributed by atoms with Crippen molar-refractivity contribution in [2.24, 2.45) is 5.92 Å². The maximum absolute atomic E-state index is 8.92. The van der Waals surface area contributed by atoms with Gasteiger partial charge in [0.05, 0.1) is 10.0 Å². The number of aliphatic hydroxyl groups excluding tert-OH is 1. The maximum atomic E-state index is 8.92. The summed E-state index contributed by atoms with van der Waals surface area (Å²) in [4.78, 5) is 0. The van der Waals surface area contributed by atoms with E-state index in [1.807, 2.05) is 12.1 Å². The van der Waals surface area contributed by atoms with Crippen molar-refractivity contribution in [3.8, 4) is 0 Å². The minimum atomic E-state index is 0.244. The molecule has 70 valence electrons. The molecule has 1 saturated carbocycles. The van der Waals surface area contributed by atoms with Crippen molar-refractivity contribution < 1.29 is 5.11 Å². The quantitative estimate of drug-likeness (QED) is 0.806. The minimum absolute atomic E-state index is 0.244. The highest BCUT2D eigenvalue weighted by Crippen LogP contribution is 2.50. The van der Waals surface area contributed by atoms with Crippen LogP contribution in [-0.4, -0.2) is 11.7 Å². The molecule has 0 bridgehead atoms. The van der Waals surface area contributed by atoms with E-state index in [9.17, 15) is 0 Å². The number of aliphatic hydroxyl groups is 1. The summed E-state index contributed by atoms with van der Waals surface area (Å²) in [5.41, 5.74) is 1.08. The van der Waals surface area contributed by atoms with Crippen LogP contribution in [0.15, 0.2) is 18.2 Å². The molecule has 1 aromatic rings. The molecule has 1 aliphatic rings. The maximum Gasteiger partial charge on any atom is 0.0627 e. The van der Waals surface area contributed by atoms with Gasteiger partial charge >= 0.3 is 0 Å². The van der Waals surface area contributed by atoms with Crippen molar-refractivity contribution in [3.05, 3.63) is 33.8 Å². The molecular formula is C10H10Cl2O. The largest absolute Gasteiger partial charge is 0.396 e. The van der Waals surface area contributed by atoms with Crippen LogP contribution in [0.5, 0.6) is 0 Å². The molecule has 13 heavy (non-hydrogen) atoms. The van der Waals surface area contributed by atoms with Gasteiger partial charge in [-0.25, -0.2) is 0 Å².